The summed E-state index contributed by atoms with van der Waals surface area (Å²) < 4.78 is 0. The van der Waals surface area contributed by atoms with Crippen LogP contribution in [0.2, 0.25) is 0 Å². The fourth-order valence-electron chi connectivity index (χ4n) is 1.88. The molecule has 1 aliphatic carbocycles. The van der Waals surface area contributed by atoms with Crippen LogP contribution >= 0.6 is 0 Å². The van der Waals surface area contributed by atoms with Gasteiger partial charge in [0.15, 0.2) is 0 Å². The third-order valence-corrected chi connectivity index (χ3v) is 2.42. The summed E-state index contributed by atoms with van der Waals surface area (Å²) in [6.45, 7) is 2.30. The Kier molecular flexibility index (Phi) is 7.45. The number of hydrogen-bond donors (Lipinski definition) is 2. The maximum Gasteiger partial charge on any atom is 0.309 e. The molecule has 1 saturated carbocycles. The van der Waals surface area contributed by atoms with Crippen LogP contribution in [0.25, 0.3) is 0 Å². The largest absolute Gasteiger partial charge is 0.352 e. The zero-order chi connectivity index (χ0) is 10.1. The summed E-state index contributed by atoms with van der Waals surface area (Å²) in [4.78, 5) is 9.00. The van der Waals surface area contributed by atoms with Gasteiger partial charge < -0.3 is 11.5 Å². The summed E-state index contributed by atoms with van der Waals surface area (Å²) in [6, 6.07) is -0.833. The minimum absolute atomic E-state index is 0.833. The molecule has 1 rings (SSSR count). The van der Waals surface area contributed by atoms with Crippen molar-refractivity contribution in [2.75, 3.05) is 0 Å². The topological polar surface area (TPSA) is 69.1 Å². The molecule has 1 fully saturated rings. The van der Waals surface area contributed by atoms with Crippen molar-refractivity contribution >= 4 is 6.03 Å². The van der Waals surface area contributed by atoms with Gasteiger partial charge in [-0.25, -0.2) is 4.79 Å². The molecule has 0 spiro atoms. The molecule has 3 heteroatoms. The summed E-state index contributed by atoms with van der Waals surface area (Å²) in [5.41, 5.74) is 8.50. The van der Waals surface area contributed by atoms with E-state index in [1.807, 2.05) is 0 Å². The van der Waals surface area contributed by atoms with Crippen molar-refractivity contribution in [3.8, 4) is 0 Å². The number of carbonyl (C=O) groups excluding carboxylic acids is 1. The number of nitrogens with two attached hydrogens (primary N) is 2. The van der Waals surface area contributed by atoms with Crippen LogP contribution in [-0.4, -0.2) is 6.03 Å². The molecule has 4 N–H and O–H groups in total. The first-order valence-corrected chi connectivity index (χ1v) is 5.21. The second-order valence-electron chi connectivity index (χ2n) is 3.70. The van der Waals surface area contributed by atoms with Gasteiger partial charge in [0.1, 0.15) is 0 Å². The predicted molar refractivity (Wildman–Crippen MR) is 55.3 cm³/mol. The molecule has 78 valence electrons. The Bertz CT molecular complexity index is 124. The minimum Gasteiger partial charge on any atom is -0.352 e. The molecule has 0 heterocycles. The fourth-order valence-corrected chi connectivity index (χ4v) is 1.88. The number of urea groups is 1. The van der Waals surface area contributed by atoms with Crippen LogP contribution in [0.3, 0.4) is 0 Å². The van der Waals surface area contributed by atoms with Gasteiger partial charge >= 0.3 is 6.03 Å². The van der Waals surface area contributed by atoms with Gasteiger partial charge in [-0.1, -0.05) is 51.9 Å². The second kappa shape index (κ2) is 7.90. The van der Waals surface area contributed by atoms with E-state index in [4.69, 9.17) is 4.79 Å². The molecule has 0 bridgehead atoms. The summed E-state index contributed by atoms with van der Waals surface area (Å²) >= 11 is 0. The van der Waals surface area contributed by atoms with Gasteiger partial charge in [0.25, 0.3) is 0 Å². The van der Waals surface area contributed by atoms with Crippen molar-refractivity contribution < 1.29 is 4.79 Å². The quantitative estimate of drug-likeness (QED) is 0.683. The monoisotopic (exact) mass is 186 g/mol. The number of primary amides is 2. The van der Waals surface area contributed by atoms with E-state index >= 15 is 0 Å². The lowest BCUT2D eigenvalue weighted by atomic mass is 9.86. The molecule has 0 unspecified atom stereocenters. The number of carbonyl (C=O) groups is 1. The molecule has 2 amide bonds. The molecule has 13 heavy (non-hydrogen) atoms. The number of rotatable bonds is 2. The van der Waals surface area contributed by atoms with E-state index in [0.29, 0.717) is 0 Å². The molecule has 0 saturated heterocycles. The van der Waals surface area contributed by atoms with E-state index in [9.17, 15) is 0 Å². The van der Waals surface area contributed by atoms with E-state index in [-0.39, 0.29) is 0 Å². The molecule has 0 aromatic heterocycles. The molecule has 0 aliphatic heterocycles. The van der Waals surface area contributed by atoms with E-state index in [0.717, 1.165) is 5.92 Å². The first-order valence-electron chi connectivity index (χ1n) is 5.21. The van der Waals surface area contributed by atoms with E-state index < -0.39 is 6.03 Å². The molecule has 0 aromatic rings. The first-order chi connectivity index (χ1) is 6.16. The van der Waals surface area contributed by atoms with Crippen molar-refractivity contribution in [1.82, 2.24) is 0 Å². The Morgan fingerprint density at radius 2 is 1.69 bits per heavy atom. The van der Waals surface area contributed by atoms with Crippen molar-refractivity contribution in [3.05, 3.63) is 0 Å². The highest BCUT2D eigenvalue weighted by atomic mass is 16.2. The Morgan fingerprint density at radius 3 is 2.08 bits per heavy atom. The van der Waals surface area contributed by atoms with Crippen LogP contribution in [0.5, 0.6) is 0 Å². The average Bonchev–Trinajstić information content (AvgIpc) is 2.06. The zero-order valence-corrected chi connectivity index (χ0v) is 8.59. The van der Waals surface area contributed by atoms with Gasteiger partial charge in [-0.05, 0) is 5.92 Å². The summed E-state index contributed by atoms with van der Waals surface area (Å²) in [5, 5.41) is 0. The normalized spacial score (nSPS) is 17.3. The van der Waals surface area contributed by atoms with Crippen LogP contribution < -0.4 is 11.5 Å². The van der Waals surface area contributed by atoms with Crippen molar-refractivity contribution in [2.24, 2.45) is 17.4 Å². The van der Waals surface area contributed by atoms with Gasteiger partial charge in [0.05, 0.1) is 0 Å². The highest BCUT2D eigenvalue weighted by Crippen LogP contribution is 2.26. The van der Waals surface area contributed by atoms with Crippen molar-refractivity contribution in [1.29, 1.82) is 0 Å². The molecule has 0 aromatic carbocycles. The third kappa shape index (κ3) is 9.18. The smallest absolute Gasteiger partial charge is 0.309 e. The summed E-state index contributed by atoms with van der Waals surface area (Å²) in [6.07, 6.45) is 10.4. The lowest BCUT2D eigenvalue weighted by Gasteiger charge is -2.20. The Balaban J connectivity index is 0.000000310. The van der Waals surface area contributed by atoms with Gasteiger partial charge in [-0.15, -0.1) is 0 Å². The van der Waals surface area contributed by atoms with Crippen LogP contribution in [0.15, 0.2) is 0 Å². The predicted octanol–water partition coefficient (Wildman–Crippen LogP) is 2.39. The van der Waals surface area contributed by atoms with Gasteiger partial charge in [-0.2, -0.15) is 0 Å². The van der Waals surface area contributed by atoms with Crippen molar-refractivity contribution in [2.45, 2.75) is 51.9 Å². The zero-order valence-electron chi connectivity index (χ0n) is 8.59. The van der Waals surface area contributed by atoms with Crippen molar-refractivity contribution in [3.63, 3.8) is 0 Å². The van der Waals surface area contributed by atoms with Crippen LogP contribution in [0, 0.1) is 5.92 Å². The fraction of sp³-hybridized carbons (Fsp3) is 0.900. The average molecular weight is 186 g/mol. The van der Waals surface area contributed by atoms with Crippen LogP contribution in [0.1, 0.15) is 51.9 Å². The van der Waals surface area contributed by atoms with E-state index in [2.05, 4.69) is 18.4 Å². The molecule has 1 aliphatic rings. The lowest BCUT2D eigenvalue weighted by molar-refractivity contribution is 0.256. The van der Waals surface area contributed by atoms with Gasteiger partial charge in [0.2, 0.25) is 0 Å². The van der Waals surface area contributed by atoms with Gasteiger partial charge in [-0.3, -0.25) is 0 Å². The Hall–Kier alpha value is -0.730. The molecular formula is C10H22N2O. The van der Waals surface area contributed by atoms with Crippen LogP contribution in [0.4, 0.5) is 4.79 Å². The number of amides is 2. The highest BCUT2D eigenvalue weighted by Gasteiger charge is 2.10. The van der Waals surface area contributed by atoms with Gasteiger partial charge in [0, 0.05) is 0 Å². The molecular weight excluding hydrogens is 164 g/mol. The summed E-state index contributed by atoms with van der Waals surface area (Å²) in [7, 11) is 0. The lowest BCUT2D eigenvalue weighted by Crippen LogP contribution is -2.18. The van der Waals surface area contributed by atoms with E-state index in [1.165, 1.54) is 44.9 Å². The standard InChI is InChI=1S/C9H18.CH4N2O/c1-2-6-9-7-4-3-5-8-9;2-1(3)4/h9H,2-8H2,1H3;(H4,2,3,4). The van der Waals surface area contributed by atoms with E-state index in [1.54, 1.807) is 0 Å². The second-order valence-corrected chi connectivity index (χ2v) is 3.70. The maximum atomic E-state index is 9.00. The minimum atomic E-state index is -0.833. The molecule has 3 nitrogen and oxygen atoms in total. The SMILES string of the molecule is CCCC1CCCCC1.NC(N)=O. The highest BCUT2D eigenvalue weighted by molar-refractivity contribution is 5.69. The van der Waals surface area contributed by atoms with Crippen LogP contribution in [-0.2, 0) is 0 Å². The Labute approximate surface area is 80.9 Å². The Morgan fingerprint density at radius 1 is 1.23 bits per heavy atom. The molecule has 0 radical (unpaired) electrons. The third-order valence-electron chi connectivity index (χ3n) is 2.42. The number of hydrogen-bond acceptors (Lipinski definition) is 1. The molecule has 0 atom stereocenters. The summed E-state index contributed by atoms with van der Waals surface area (Å²) in [5.74, 6) is 1.10. The first kappa shape index (κ1) is 12.3. The maximum absolute atomic E-state index is 9.00.